The molecule has 2 saturated heterocycles. The Morgan fingerprint density at radius 3 is 2.02 bits per heavy atom. The van der Waals surface area contributed by atoms with E-state index in [-0.39, 0.29) is 36.7 Å². The highest BCUT2D eigenvalue weighted by molar-refractivity contribution is 8.13. The topological polar surface area (TPSA) is 228 Å². The smallest absolute Gasteiger partial charge is 0.246 e. The zero-order chi connectivity index (χ0) is 43.3. The average molecular weight is 853 g/mol. The minimum atomic E-state index is -1.52. The molecule has 61 heavy (non-hydrogen) atoms. The highest BCUT2D eigenvalue weighted by Crippen LogP contribution is 2.25. The molecule has 16 heteroatoms. The Morgan fingerprint density at radius 2 is 1.33 bits per heavy atom. The second kappa shape index (κ2) is 21.8. The molecule has 3 aromatic carbocycles. The minimum absolute atomic E-state index is 0.0330. The standard InChI is InChI=1S/C45H56N8O7S/c1-28(54)39-43(58)51-37(24-30-15-6-3-7-16-30)44(59)53-22-12-20-38(53)45(60)61-27-48-35(23-29-13-4-2-5-14-29)41(56)50-36(25-31-26-47-33-18-9-8-17-32(31)33)42(57)49-34(40(55)52-39)19-10-11-21-46/h2-9,13-18,26,28,34-39,47-48,54H,10-12,19-25,27,46H2,1H3,(H,49,57)(H,50,56)(H,51,58)(H,52,55)/t28-,34+,35+,36+,37+,38+,39+/m1/s1. The van der Waals surface area contributed by atoms with Crippen LogP contribution in [0.25, 0.3) is 10.9 Å². The number of unbranched alkanes of at least 4 members (excludes halogenated alkanes) is 1. The summed E-state index contributed by atoms with van der Waals surface area (Å²) < 4.78 is 0. The van der Waals surface area contributed by atoms with Crippen LogP contribution in [0.3, 0.4) is 0 Å². The van der Waals surface area contributed by atoms with Crippen LogP contribution in [-0.2, 0) is 48.0 Å². The summed E-state index contributed by atoms with van der Waals surface area (Å²) in [6.07, 6.45) is 2.89. The molecule has 15 nitrogen and oxygen atoms in total. The van der Waals surface area contributed by atoms with Crippen LogP contribution in [0.4, 0.5) is 0 Å². The lowest BCUT2D eigenvalue weighted by molar-refractivity contribution is -0.140. The lowest BCUT2D eigenvalue weighted by Crippen LogP contribution is -2.62. The van der Waals surface area contributed by atoms with Gasteiger partial charge >= 0.3 is 0 Å². The number of benzene rings is 3. The second-order valence-corrected chi connectivity index (χ2v) is 16.7. The van der Waals surface area contributed by atoms with E-state index in [1.54, 1.807) is 6.20 Å². The number of aliphatic hydroxyl groups excluding tert-OH is 1. The zero-order valence-electron chi connectivity index (χ0n) is 34.3. The van der Waals surface area contributed by atoms with Crippen LogP contribution in [0.15, 0.2) is 91.1 Å². The van der Waals surface area contributed by atoms with Crippen LogP contribution in [0, 0.1) is 0 Å². The Morgan fingerprint density at radius 1 is 0.721 bits per heavy atom. The molecule has 2 aliphatic rings. The number of fused-ring (bicyclic) bond motifs is 2. The van der Waals surface area contributed by atoms with E-state index in [1.165, 1.54) is 11.8 Å². The van der Waals surface area contributed by atoms with E-state index in [2.05, 4.69) is 31.6 Å². The zero-order valence-corrected chi connectivity index (χ0v) is 35.1. The molecule has 3 heterocycles. The highest BCUT2D eigenvalue weighted by atomic mass is 32.2. The monoisotopic (exact) mass is 852 g/mol. The van der Waals surface area contributed by atoms with Gasteiger partial charge in [-0.15, -0.1) is 0 Å². The third-order valence-corrected chi connectivity index (χ3v) is 12.1. The first-order chi connectivity index (χ1) is 29.5. The lowest BCUT2D eigenvalue weighted by atomic mass is 10.0. The lowest BCUT2D eigenvalue weighted by Gasteiger charge is -2.31. The summed E-state index contributed by atoms with van der Waals surface area (Å²) in [4.78, 5) is 90.0. The Hall–Kier alpha value is -5.55. The molecular formula is C45H56N8O7S. The fourth-order valence-corrected chi connectivity index (χ4v) is 8.76. The summed E-state index contributed by atoms with van der Waals surface area (Å²) >= 11 is 0.963. The van der Waals surface area contributed by atoms with Gasteiger partial charge in [-0.25, -0.2) is 0 Å². The van der Waals surface area contributed by atoms with Crippen molar-refractivity contribution in [3.63, 3.8) is 0 Å². The van der Waals surface area contributed by atoms with Gasteiger partial charge in [0.05, 0.1) is 18.0 Å². The summed E-state index contributed by atoms with van der Waals surface area (Å²) in [5, 5.41) is 25.9. The number of thioether (sulfide) groups is 1. The maximum absolute atomic E-state index is 14.5. The van der Waals surface area contributed by atoms with Gasteiger partial charge in [0.2, 0.25) is 34.7 Å². The van der Waals surface area contributed by atoms with Crippen molar-refractivity contribution in [2.75, 3.05) is 19.0 Å². The molecule has 0 radical (unpaired) electrons. The Bertz CT molecular complexity index is 2130. The quantitative estimate of drug-likeness (QED) is 0.102. The van der Waals surface area contributed by atoms with E-state index in [0.717, 1.165) is 39.4 Å². The predicted octanol–water partition coefficient (Wildman–Crippen LogP) is 1.82. The number of amides is 5. The van der Waals surface area contributed by atoms with Gasteiger partial charge in [0.1, 0.15) is 30.2 Å². The number of aromatic amines is 1. The fourth-order valence-electron chi connectivity index (χ4n) is 7.90. The summed E-state index contributed by atoms with van der Waals surface area (Å²) in [6, 6.07) is 19.4. The number of aromatic nitrogens is 1. The third-order valence-electron chi connectivity index (χ3n) is 11.2. The van der Waals surface area contributed by atoms with Gasteiger partial charge in [0.15, 0.2) is 0 Å². The summed E-state index contributed by atoms with van der Waals surface area (Å²) in [5.41, 5.74) is 9.00. The van der Waals surface area contributed by atoms with Gasteiger partial charge in [-0.1, -0.05) is 90.6 Å². The maximum Gasteiger partial charge on any atom is 0.246 e. The number of hydrogen-bond donors (Lipinski definition) is 8. The van der Waals surface area contributed by atoms with Crippen LogP contribution in [0.2, 0.25) is 0 Å². The molecule has 5 amide bonds. The van der Waals surface area contributed by atoms with Gasteiger partial charge in [-0.05, 0) is 74.8 Å². The van der Waals surface area contributed by atoms with Crippen molar-refractivity contribution in [2.24, 2.45) is 5.73 Å². The number of H-pyrrole nitrogens is 1. The van der Waals surface area contributed by atoms with Crippen LogP contribution in [-0.4, -0.2) is 111 Å². The van der Waals surface area contributed by atoms with Gasteiger partial charge in [0, 0.05) is 36.5 Å². The van der Waals surface area contributed by atoms with Gasteiger partial charge in [0.25, 0.3) is 0 Å². The van der Waals surface area contributed by atoms with E-state index in [0.29, 0.717) is 38.8 Å². The van der Waals surface area contributed by atoms with Gasteiger partial charge in [-0.3, -0.25) is 34.1 Å². The van der Waals surface area contributed by atoms with Crippen molar-refractivity contribution in [1.29, 1.82) is 0 Å². The number of nitrogens with one attached hydrogen (secondary N) is 6. The number of nitrogens with two attached hydrogens (primary N) is 1. The third kappa shape index (κ3) is 12.1. The van der Waals surface area contributed by atoms with Crippen molar-refractivity contribution in [2.45, 2.75) is 101 Å². The first-order valence-corrected chi connectivity index (χ1v) is 21.9. The molecule has 324 valence electrons. The highest BCUT2D eigenvalue weighted by Gasteiger charge is 2.40. The maximum atomic E-state index is 14.5. The molecule has 9 N–H and O–H groups in total. The van der Waals surface area contributed by atoms with Crippen molar-refractivity contribution in [1.82, 2.24) is 36.5 Å². The Balaban J connectivity index is 1.36. The van der Waals surface area contributed by atoms with Crippen LogP contribution < -0.4 is 32.3 Å². The number of nitrogens with zero attached hydrogens (tertiary/aromatic N) is 1. The number of para-hydroxylation sites is 1. The first-order valence-electron chi connectivity index (χ1n) is 20.9. The van der Waals surface area contributed by atoms with E-state index in [1.807, 2.05) is 84.9 Å². The second-order valence-electron chi connectivity index (χ2n) is 15.7. The van der Waals surface area contributed by atoms with Crippen molar-refractivity contribution in [3.8, 4) is 0 Å². The van der Waals surface area contributed by atoms with Crippen molar-refractivity contribution < 1.29 is 33.9 Å². The Kier molecular flexibility index (Phi) is 16.1. The summed E-state index contributed by atoms with van der Waals surface area (Å²) in [6.45, 7) is 1.98. The molecule has 1 aromatic heterocycles. The van der Waals surface area contributed by atoms with Crippen LogP contribution in [0.5, 0.6) is 0 Å². The van der Waals surface area contributed by atoms with E-state index in [9.17, 15) is 33.9 Å². The number of rotatable bonds is 11. The fraction of sp³-hybridized carbons (Fsp3) is 0.422. The molecule has 6 rings (SSSR count). The molecule has 0 saturated carbocycles. The molecule has 0 bridgehead atoms. The largest absolute Gasteiger partial charge is 0.391 e. The summed E-state index contributed by atoms with van der Waals surface area (Å²) in [7, 11) is 0. The van der Waals surface area contributed by atoms with Gasteiger partial charge < -0.3 is 42.0 Å². The van der Waals surface area contributed by atoms with Crippen molar-refractivity contribution in [3.05, 3.63) is 108 Å². The number of hydrogen-bond acceptors (Lipinski definition) is 10. The van der Waals surface area contributed by atoms with E-state index < -0.39 is 71.9 Å². The molecule has 2 aliphatic heterocycles. The average Bonchev–Trinajstić information content (AvgIpc) is 3.92. The first kappa shape index (κ1) is 45.0. The SMILES string of the molecule is C[C@@H](O)[C@@H]1NC(=O)[C@H](CCCCN)NC(=O)[C@H](Cc2c[nH]c3ccccc23)NC(=O)[C@H](Cc2ccccc2)NCSC(=O)[C@@H]2CCCN2C(=O)[C@H](Cc2ccccc2)NC1=O. The number of carbonyl (C=O) groups is 6. The molecular weight excluding hydrogens is 797 g/mol. The number of carbonyl (C=O) groups excluding carboxylic acids is 6. The molecule has 0 unspecified atom stereocenters. The predicted molar refractivity (Wildman–Crippen MR) is 234 cm³/mol. The number of aliphatic hydroxyl groups is 1. The van der Waals surface area contributed by atoms with E-state index in [4.69, 9.17) is 5.73 Å². The molecule has 2 fully saturated rings. The van der Waals surface area contributed by atoms with Crippen LogP contribution in [0.1, 0.15) is 55.7 Å². The van der Waals surface area contributed by atoms with Crippen molar-refractivity contribution >= 4 is 57.3 Å². The molecule has 7 atom stereocenters. The molecule has 4 aromatic rings. The van der Waals surface area contributed by atoms with Crippen LogP contribution >= 0.6 is 11.8 Å². The van der Waals surface area contributed by atoms with Gasteiger partial charge in [-0.2, -0.15) is 0 Å². The molecule has 0 spiro atoms. The molecule has 0 aliphatic carbocycles. The Labute approximate surface area is 359 Å². The normalized spacial score (nSPS) is 24.3. The minimum Gasteiger partial charge on any atom is -0.391 e. The van der Waals surface area contributed by atoms with E-state index >= 15 is 0 Å². The summed E-state index contributed by atoms with van der Waals surface area (Å²) in [5.74, 6) is -3.13.